The Balaban J connectivity index is 3.17. The van der Waals surface area contributed by atoms with E-state index in [4.69, 9.17) is 5.11 Å². The van der Waals surface area contributed by atoms with E-state index in [-0.39, 0.29) is 17.2 Å². The Labute approximate surface area is 117 Å². The SMILES string of the molecule is Cc1cnc(C(=O)NC(C)(C#N)C(C)C)c(C(=O)O)c1. The summed E-state index contributed by atoms with van der Waals surface area (Å²) in [5, 5.41) is 20.8. The number of hydrogen-bond acceptors (Lipinski definition) is 4. The molecule has 2 N–H and O–H groups in total. The number of aromatic nitrogens is 1. The third-order valence-corrected chi connectivity index (χ3v) is 3.23. The lowest BCUT2D eigenvalue weighted by molar-refractivity contribution is 0.0688. The number of carboxylic acids is 1. The maximum absolute atomic E-state index is 12.2. The van der Waals surface area contributed by atoms with E-state index in [1.807, 2.05) is 6.07 Å². The van der Waals surface area contributed by atoms with Gasteiger partial charge >= 0.3 is 5.97 Å². The second-order valence-corrected chi connectivity index (χ2v) is 5.14. The fraction of sp³-hybridized carbons (Fsp3) is 0.429. The van der Waals surface area contributed by atoms with Crippen LogP contribution in [0.15, 0.2) is 12.3 Å². The van der Waals surface area contributed by atoms with Crippen LogP contribution in [-0.2, 0) is 0 Å². The standard InChI is InChI=1S/C14H17N3O3/c1-8(2)14(4,7-15)17-12(18)11-10(13(19)20)5-9(3)6-16-11/h5-6,8H,1-4H3,(H,17,18)(H,19,20). The van der Waals surface area contributed by atoms with Crippen LogP contribution in [0.5, 0.6) is 0 Å². The maximum atomic E-state index is 12.2. The van der Waals surface area contributed by atoms with E-state index >= 15 is 0 Å². The predicted octanol–water partition coefficient (Wildman–Crippen LogP) is 1.76. The number of aromatic carboxylic acids is 1. The van der Waals surface area contributed by atoms with E-state index < -0.39 is 17.4 Å². The van der Waals surface area contributed by atoms with E-state index in [1.54, 1.807) is 27.7 Å². The number of carbonyl (C=O) groups excluding carboxylic acids is 1. The Kier molecular flexibility index (Phi) is 4.45. The number of carbonyl (C=O) groups is 2. The summed E-state index contributed by atoms with van der Waals surface area (Å²) in [4.78, 5) is 27.2. The second kappa shape index (κ2) is 5.70. The zero-order chi connectivity index (χ0) is 15.5. The molecule has 1 amide bonds. The van der Waals surface area contributed by atoms with Gasteiger partial charge < -0.3 is 10.4 Å². The number of nitrogens with one attached hydrogen (secondary N) is 1. The number of nitriles is 1. The first kappa shape index (κ1) is 15.6. The topological polar surface area (TPSA) is 103 Å². The van der Waals surface area contributed by atoms with E-state index in [0.29, 0.717) is 5.56 Å². The van der Waals surface area contributed by atoms with Gasteiger partial charge in [0.15, 0.2) is 0 Å². The van der Waals surface area contributed by atoms with Gasteiger partial charge in [0.2, 0.25) is 0 Å². The highest BCUT2D eigenvalue weighted by molar-refractivity contribution is 6.03. The van der Waals surface area contributed by atoms with Gasteiger partial charge in [0, 0.05) is 6.20 Å². The lowest BCUT2D eigenvalue weighted by Crippen LogP contribution is -2.49. The molecule has 0 aromatic carbocycles. The Morgan fingerprint density at radius 2 is 2.10 bits per heavy atom. The first-order chi connectivity index (χ1) is 9.21. The van der Waals surface area contributed by atoms with E-state index in [9.17, 15) is 14.9 Å². The number of hydrogen-bond donors (Lipinski definition) is 2. The van der Waals surface area contributed by atoms with Crippen LogP contribution < -0.4 is 5.32 Å². The molecular formula is C14H17N3O3. The minimum Gasteiger partial charge on any atom is -0.478 e. The minimum atomic E-state index is -1.23. The molecule has 106 valence electrons. The molecule has 0 aliphatic heterocycles. The summed E-state index contributed by atoms with van der Waals surface area (Å²) < 4.78 is 0. The molecular weight excluding hydrogens is 258 g/mol. The van der Waals surface area contributed by atoms with Crippen molar-refractivity contribution in [1.29, 1.82) is 5.26 Å². The minimum absolute atomic E-state index is 0.129. The number of pyridine rings is 1. The van der Waals surface area contributed by atoms with Crippen molar-refractivity contribution in [3.8, 4) is 6.07 Å². The van der Waals surface area contributed by atoms with Crippen molar-refractivity contribution in [1.82, 2.24) is 10.3 Å². The molecule has 1 rings (SSSR count). The molecule has 1 unspecified atom stereocenters. The van der Waals surface area contributed by atoms with Gasteiger partial charge in [0.1, 0.15) is 11.2 Å². The largest absolute Gasteiger partial charge is 0.478 e. The van der Waals surface area contributed by atoms with Crippen molar-refractivity contribution >= 4 is 11.9 Å². The Bertz CT molecular complexity index is 590. The molecule has 0 aliphatic carbocycles. The molecule has 0 bridgehead atoms. The molecule has 1 aromatic heterocycles. The van der Waals surface area contributed by atoms with Crippen molar-refractivity contribution in [3.05, 3.63) is 29.1 Å². The summed E-state index contributed by atoms with van der Waals surface area (Å²) in [7, 11) is 0. The summed E-state index contributed by atoms with van der Waals surface area (Å²) in [6, 6.07) is 3.41. The highest BCUT2D eigenvalue weighted by Gasteiger charge is 2.32. The zero-order valence-electron chi connectivity index (χ0n) is 11.9. The number of amides is 1. The quantitative estimate of drug-likeness (QED) is 0.871. The molecule has 20 heavy (non-hydrogen) atoms. The second-order valence-electron chi connectivity index (χ2n) is 5.14. The van der Waals surface area contributed by atoms with Gasteiger partial charge in [-0.3, -0.25) is 4.79 Å². The molecule has 0 aliphatic rings. The van der Waals surface area contributed by atoms with Crippen molar-refractivity contribution < 1.29 is 14.7 Å². The highest BCUT2D eigenvalue weighted by Crippen LogP contribution is 2.17. The van der Waals surface area contributed by atoms with Crippen molar-refractivity contribution in [2.75, 3.05) is 0 Å². The number of nitrogens with zero attached hydrogens (tertiary/aromatic N) is 2. The smallest absolute Gasteiger partial charge is 0.338 e. The van der Waals surface area contributed by atoms with Gasteiger partial charge in [-0.2, -0.15) is 5.26 Å². The first-order valence-corrected chi connectivity index (χ1v) is 6.15. The van der Waals surface area contributed by atoms with Gasteiger partial charge in [0.05, 0.1) is 11.6 Å². The monoisotopic (exact) mass is 275 g/mol. The van der Waals surface area contributed by atoms with Crippen molar-refractivity contribution in [2.45, 2.75) is 33.2 Å². The normalized spacial score (nSPS) is 13.4. The van der Waals surface area contributed by atoms with Crippen LogP contribution in [-0.4, -0.2) is 27.5 Å². The summed E-state index contributed by atoms with van der Waals surface area (Å²) in [5.74, 6) is -2.02. The van der Waals surface area contributed by atoms with Gasteiger partial charge in [-0.25, -0.2) is 9.78 Å². The highest BCUT2D eigenvalue weighted by atomic mass is 16.4. The van der Waals surface area contributed by atoms with Gasteiger partial charge in [-0.1, -0.05) is 13.8 Å². The molecule has 1 heterocycles. The molecule has 0 fully saturated rings. The molecule has 1 atom stereocenters. The first-order valence-electron chi connectivity index (χ1n) is 6.15. The Morgan fingerprint density at radius 3 is 2.55 bits per heavy atom. The van der Waals surface area contributed by atoms with Crippen LogP contribution in [0, 0.1) is 24.2 Å². The third-order valence-electron chi connectivity index (χ3n) is 3.23. The van der Waals surface area contributed by atoms with Gasteiger partial charge in [-0.05, 0) is 31.4 Å². The van der Waals surface area contributed by atoms with E-state index in [2.05, 4.69) is 10.3 Å². The van der Waals surface area contributed by atoms with Crippen LogP contribution in [0.25, 0.3) is 0 Å². The van der Waals surface area contributed by atoms with Crippen LogP contribution in [0.1, 0.15) is 47.2 Å². The molecule has 0 radical (unpaired) electrons. The Morgan fingerprint density at radius 1 is 1.50 bits per heavy atom. The fourth-order valence-electron chi connectivity index (χ4n) is 1.51. The van der Waals surface area contributed by atoms with Gasteiger partial charge in [-0.15, -0.1) is 0 Å². The predicted molar refractivity (Wildman–Crippen MR) is 72.3 cm³/mol. The van der Waals surface area contributed by atoms with Crippen molar-refractivity contribution in [3.63, 3.8) is 0 Å². The van der Waals surface area contributed by atoms with Crippen LogP contribution in [0.2, 0.25) is 0 Å². The van der Waals surface area contributed by atoms with Gasteiger partial charge in [0.25, 0.3) is 5.91 Å². The number of aryl methyl sites for hydroxylation is 1. The zero-order valence-corrected chi connectivity index (χ0v) is 11.9. The molecule has 6 heteroatoms. The average Bonchev–Trinajstić information content (AvgIpc) is 2.37. The Hall–Kier alpha value is -2.42. The van der Waals surface area contributed by atoms with Crippen molar-refractivity contribution in [2.24, 2.45) is 5.92 Å². The maximum Gasteiger partial charge on any atom is 0.338 e. The molecule has 0 saturated heterocycles. The lowest BCUT2D eigenvalue weighted by atomic mass is 9.90. The van der Waals surface area contributed by atoms with Crippen LogP contribution in [0.4, 0.5) is 0 Å². The fourth-order valence-corrected chi connectivity index (χ4v) is 1.51. The number of rotatable bonds is 4. The summed E-state index contributed by atoms with van der Waals surface area (Å²) >= 11 is 0. The van der Waals surface area contributed by atoms with E-state index in [1.165, 1.54) is 12.3 Å². The summed E-state index contributed by atoms with van der Waals surface area (Å²) in [6.07, 6.45) is 1.42. The van der Waals surface area contributed by atoms with Crippen LogP contribution >= 0.6 is 0 Å². The van der Waals surface area contributed by atoms with E-state index in [0.717, 1.165) is 0 Å². The summed E-state index contributed by atoms with van der Waals surface area (Å²) in [6.45, 7) is 6.87. The third kappa shape index (κ3) is 3.12. The average molecular weight is 275 g/mol. The molecule has 1 aromatic rings. The molecule has 0 saturated carbocycles. The lowest BCUT2D eigenvalue weighted by Gasteiger charge is -2.27. The molecule has 6 nitrogen and oxygen atoms in total. The van der Waals surface area contributed by atoms with Crippen LogP contribution in [0.3, 0.4) is 0 Å². The molecule has 0 spiro atoms. The number of carboxylic acid groups (broad SMARTS) is 1. The summed E-state index contributed by atoms with van der Waals surface area (Å²) in [5.41, 5.74) is -0.804.